The van der Waals surface area contributed by atoms with Crippen molar-refractivity contribution >= 4 is 21.7 Å². The van der Waals surface area contributed by atoms with E-state index in [1.807, 2.05) is 0 Å². The van der Waals surface area contributed by atoms with E-state index in [4.69, 9.17) is 0 Å². The Morgan fingerprint density at radius 3 is 2.94 bits per heavy atom. The fourth-order valence-corrected chi connectivity index (χ4v) is 2.37. The smallest absolute Gasteiger partial charge is 0.267 e. The molecule has 0 radical (unpaired) electrons. The first-order chi connectivity index (χ1) is 8.11. The number of halogens is 1. The second kappa shape index (κ2) is 5.18. The summed E-state index contributed by atoms with van der Waals surface area (Å²) in [7, 11) is 0. The maximum atomic E-state index is 11.4. The zero-order chi connectivity index (χ0) is 12.3. The van der Waals surface area contributed by atoms with Crippen molar-refractivity contribution in [2.75, 3.05) is 25.0 Å². The molecule has 2 heterocycles. The molecule has 1 fully saturated rings. The van der Waals surface area contributed by atoms with Crippen LogP contribution in [-0.4, -0.2) is 29.6 Å². The first kappa shape index (κ1) is 12.6. The van der Waals surface area contributed by atoms with Gasteiger partial charge in [0.05, 0.1) is 6.33 Å². The Labute approximate surface area is 109 Å². The Morgan fingerprint density at radius 1 is 1.53 bits per heavy atom. The molecule has 17 heavy (non-hydrogen) atoms. The molecule has 6 heteroatoms. The van der Waals surface area contributed by atoms with Gasteiger partial charge in [0.15, 0.2) is 0 Å². The molecule has 0 amide bonds. The van der Waals surface area contributed by atoms with Gasteiger partial charge in [0.25, 0.3) is 5.56 Å². The van der Waals surface area contributed by atoms with E-state index in [1.54, 1.807) is 0 Å². The van der Waals surface area contributed by atoms with Gasteiger partial charge in [0.2, 0.25) is 0 Å². The van der Waals surface area contributed by atoms with Gasteiger partial charge < -0.3 is 15.6 Å². The lowest BCUT2D eigenvalue weighted by atomic mass is 9.81. The largest absolute Gasteiger partial charge is 0.368 e. The Hall–Kier alpha value is -0.880. The van der Waals surface area contributed by atoms with Gasteiger partial charge in [-0.3, -0.25) is 4.79 Å². The van der Waals surface area contributed by atoms with Crippen molar-refractivity contribution in [3.05, 3.63) is 21.2 Å². The van der Waals surface area contributed by atoms with Gasteiger partial charge in [-0.15, -0.1) is 0 Å². The minimum absolute atomic E-state index is 0.155. The van der Waals surface area contributed by atoms with E-state index >= 15 is 0 Å². The lowest BCUT2D eigenvalue weighted by Crippen LogP contribution is -2.39. The molecule has 0 unspecified atom stereocenters. The Morgan fingerprint density at radius 2 is 2.24 bits per heavy atom. The number of H-pyrrole nitrogens is 1. The zero-order valence-corrected chi connectivity index (χ0v) is 11.4. The van der Waals surface area contributed by atoms with Crippen LogP contribution in [0.1, 0.15) is 19.8 Å². The van der Waals surface area contributed by atoms with Gasteiger partial charge in [-0.05, 0) is 47.3 Å². The van der Waals surface area contributed by atoms with Crippen molar-refractivity contribution in [3.8, 4) is 0 Å². The van der Waals surface area contributed by atoms with Crippen LogP contribution in [0.3, 0.4) is 0 Å². The molecule has 0 atom stereocenters. The molecule has 1 saturated heterocycles. The average molecular weight is 301 g/mol. The second-order valence-electron chi connectivity index (χ2n) is 4.81. The van der Waals surface area contributed by atoms with E-state index in [-0.39, 0.29) is 11.0 Å². The quantitative estimate of drug-likeness (QED) is 0.788. The maximum absolute atomic E-state index is 11.4. The minimum Gasteiger partial charge on any atom is -0.368 e. The molecule has 0 spiro atoms. The molecule has 0 saturated carbocycles. The highest BCUT2D eigenvalue weighted by molar-refractivity contribution is 9.10. The van der Waals surface area contributed by atoms with Crippen molar-refractivity contribution in [1.82, 2.24) is 15.3 Å². The summed E-state index contributed by atoms with van der Waals surface area (Å²) >= 11 is 3.24. The van der Waals surface area contributed by atoms with E-state index in [2.05, 4.69) is 43.5 Å². The summed E-state index contributed by atoms with van der Waals surface area (Å²) in [6, 6.07) is 0. The molecule has 5 nitrogen and oxygen atoms in total. The number of aromatic amines is 1. The van der Waals surface area contributed by atoms with Crippen LogP contribution in [0.5, 0.6) is 0 Å². The number of hydrogen-bond donors (Lipinski definition) is 3. The van der Waals surface area contributed by atoms with Crippen LogP contribution in [0, 0.1) is 5.41 Å². The van der Waals surface area contributed by atoms with E-state index < -0.39 is 0 Å². The van der Waals surface area contributed by atoms with Gasteiger partial charge in [0, 0.05) is 6.54 Å². The third-order valence-electron chi connectivity index (χ3n) is 3.29. The molecule has 1 aliphatic heterocycles. The number of piperidine rings is 1. The van der Waals surface area contributed by atoms with Crippen molar-refractivity contribution in [1.29, 1.82) is 0 Å². The highest BCUT2D eigenvalue weighted by atomic mass is 79.9. The van der Waals surface area contributed by atoms with Gasteiger partial charge in [-0.2, -0.15) is 0 Å². The first-order valence-corrected chi connectivity index (χ1v) is 6.58. The predicted molar refractivity (Wildman–Crippen MR) is 71.3 cm³/mol. The summed E-state index contributed by atoms with van der Waals surface area (Å²) in [6.45, 7) is 5.22. The maximum Gasteiger partial charge on any atom is 0.267 e. The SMILES string of the molecule is CC1(CNc2nc[nH]c(=O)c2Br)CCNCC1. The molecule has 1 aliphatic rings. The van der Waals surface area contributed by atoms with Gasteiger partial charge in [0.1, 0.15) is 10.3 Å². The number of rotatable bonds is 3. The topological polar surface area (TPSA) is 69.8 Å². The fraction of sp³-hybridized carbons (Fsp3) is 0.636. The zero-order valence-electron chi connectivity index (χ0n) is 9.85. The molecule has 0 bridgehead atoms. The Kier molecular flexibility index (Phi) is 3.83. The van der Waals surface area contributed by atoms with Crippen LogP contribution in [0.25, 0.3) is 0 Å². The average Bonchev–Trinajstić information content (AvgIpc) is 2.32. The molecule has 1 aromatic rings. The van der Waals surface area contributed by atoms with E-state index in [0.29, 0.717) is 10.3 Å². The van der Waals surface area contributed by atoms with Gasteiger partial charge in [-0.25, -0.2) is 4.98 Å². The number of hydrogen-bond acceptors (Lipinski definition) is 4. The Bertz CT molecular complexity index is 439. The van der Waals surface area contributed by atoms with Crippen LogP contribution in [0.2, 0.25) is 0 Å². The third-order valence-corrected chi connectivity index (χ3v) is 4.03. The molecule has 2 rings (SSSR count). The van der Waals surface area contributed by atoms with Crippen LogP contribution in [-0.2, 0) is 0 Å². The molecule has 3 N–H and O–H groups in total. The predicted octanol–water partition coefficient (Wildman–Crippen LogP) is 1.33. The monoisotopic (exact) mass is 300 g/mol. The van der Waals surface area contributed by atoms with Crippen molar-refractivity contribution < 1.29 is 0 Å². The highest BCUT2D eigenvalue weighted by Gasteiger charge is 2.26. The molecular formula is C11H17BrN4O. The lowest BCUT2D eigenvalue weighted by Gasteiger charge is -2.34. The lowest BCUT2D eigenvalue weighted by molar-refractivity contribution is 0.247. The van der Waals surface area contributed by atoms with Gasteiger partial charge >= 0.3 is 0 Å². The van der Waals surface area contributed by atoms with E-state index in [9.17, 15) is 4.79 Å². The first-order valence-electron chi connectivity index (χ1n) is 5.78. The standard InChI is InChI=1S/C11H17BrN4O/c1-11(2-4-13-5-3-11)6-14-9-8(12)10(17)16-7-15-9/h7,13H,2-6H2,1H3,(H2,14,15,16,17). The number of nitrogens with zero attached hydrogens (tertiary/aromatic N) is 1. The van der Waals surface area contributed by atoms with E-state index in [0.717, 1.165) is 32.5 Å². The minimum atomic E-state index is -0.155. The molecule has 0 aliphatic carbocycles. The number of nitrogens with one attached hydrogen (secondary N) is 3. The van der Waals surface area contributed by atoms with Crippen molar-refractivity contribution in [3.63, 3.8) is 0 Å². The number of anilines is 1. The van der Waals surface area contributed by atoms with Crippen LogP contribution in [0.15, 0.2) is 15.6 Å². The van der Waals surface area contributed by atoms with Gasteiger partial charge in [-0.1, -0.05) is 6.92 Å². The summed E-state index contributed by atoms with van der Waals surface area (Å²) in [6.07, 6.45) is 3.70. The summed E-state index contributed by atoms with van der Waals surface area (Å²) in [5.74, 6) is 0.619. The normalized spacial score (nSPS) is 18.9. The van der Waals surface area contributed by atoms with Crippen LogP contribution in [0.4, 0.5) is 5.82 Å². The van der Waals surface area contributed by atoms with Crippen molar-refractivity contribution in [2.45, 2.75) is 19.8 Å². The molecular weight excluding hydrogens is 284 g/mol. The van der Waals surface area contributed by atoms with Crippen LogP contribution < -0.4 is 16.2 Å². The fourth-order valence-electron chi connectivity index (χ4n) is 2.01. The van der Waals surface area contributed by atoms with Crippen LogP contribution >= 0.6 is 15.9 Å². The summed E-state index contributed by atoms with van der Waals surface area (Å²) in [5.41, 5.74) is 0.118. The second-order valence-corrected chi connectivity index (χ2v) is 5.60. The summed E-state index contributed by atoms with van der Waals surface area (Å²) < 4.78 is 0.470. The van der Waals surface area contributed by atoms with E-state index in [1.165, 1.54) is 6.33 Å². The van der Waals surface area contributed by atoms with Crippen molar-refractivity contribution in [2.24, 2.45) is 5.41 Å². The summed E-state index contributed by atoms with van der Waals surface area (Å²) in [5, 5.41) is 6.61. The Balaban J connectivity index is 2.02. The summed E-state index contributed by atoms with van der Waals surface area (Å²) in [4.78, 5) is 18.0. The molecule has 94 valence electrons. The molecule has 0 aromatic carbocycles. The molecule has 1 aromatic heterocycles. The highest BCUT2D eigenvalue weighted by Crippen LogP contribution is 2.28. The third kappa shape index (κ3) is 3.07. The number of aromatic nitrogens is 2.